The highest BCUT2D eigenvalue weighted by Crippen LogP contribution is 2.11. The van der Waals surface area contributed by atoms with Gasteiger partial charge in [0.1, 0.15) is 5.49 Å². The van der Waals surface area contributed by atoms with E-state index in [1.807, 2.05) is 71.4 Å². The smallest absolute Gasteiger partial charge is 0.252 e. The monoisotopic (exact) mass is 380 g/mol. The van der Waals surface area contributed by atoms with Gasteiger partial charge in [0.15, 0.2) is 0 Å². The fourth-order valence-corrected chi connectivity index (χ4v) is 2.69. The number of benzene rings is 2. The van der Waals surface area contributed by atoms with Crippen molar-refractivity contribution in [3.8, 4) is 0 Å². The summed E-state index contributed by atoms with van der Waals surface area (Å²) in [6, 6.07) is 23.6. The Hall–Kier alpha value is -2.46. The fraction of sp³-hybridized carbons (Fsp3) is 0.100. The predicted octanol–water partition coefficient (Wildman–Crippen LogP) is 3.97. The molecular formula is C20H17BrN2O. The predicted molar refractivity (Wildman–Crippen MR) is 98.4 cm³/mol. The van der Waals surface area contributed by atoms with Crippen LogP contribution in [0.25, 0.3) is 0 Å². The average molecular weight is 381 g/mol. The average Bonchev–Trinajstić information content (AvgIpc) is 2.60. The number of aromatic nitrogens is 1. The minimum Gasteiger partial charge on any atom is -0.328 e. The summed E-state index contributed by atoms with van der Waals surface area (Å²) in [7, 11) is 0. The van der Waals surface area contributed by atoms with Gasteiger partial charge in [-0.05, 0) is 35.4 Å². The summed E-state index contributed by atoms with van der Waals surface area (Å²) >= 11 is 3.39. The Balaban J connectivity index is 1.81. The summed E-state index contributed by atoms with van der Waals surface area (Å²) < 4.78 is 2.98. The number of carbonyl (C=O) groups excluding carboxylic acids is 1. The van der Waals surface area contributed by atoms with Crippen LogP contribution in [-0.2, 0) is 17.8 Å². The van der Waals surface area contributed by atoms with E-state index in [1.165, 1.54) is 5.56 Å². The van der Waals surface area contributed by atoms with Gasteiger partial charge in [-0.25, -0.2) is 0 Å². The number of nitrogens with zero attached hydrogens (tertiary/aromatic N) is 2. The van der Waals surface area contributed by atoms with Crippen LogP contribution in [0, 0.1) is 0 Å². The van der Waals surface area contributed by atoms with Crippen molar-refractivity contribution in [2.24, 2.45) is 4.99 Å². The fourth-order valence-electron chi connectivity index (χ4n) is 2.43. The lowest BCUT2D eigenvalue weighted by Crippen LogP contribution is -2.22. The van der Waals surface area contributed by atoms with E-state index < -0.39 is 0 Å². The third kappa shape index (κ3) is 4.52. The SMILES string of the molecule is O=C(Cc1ccc(Br)cc1)N=c1ccccn1Cc1ccccc1. The molecule has 1 amide bonds. The van der Waals surface area contributed by atoms with Gasteiger partial charge in [0.2, 0.25) is 0 Å². The van der Waals surface area contributed by atoms with Crippen LogP contribution in [-0.4, -0.2) is 10.5 Å². The Bertz CT molecular complexity index is 883. The molecule has 0 atom stereocenters. The zero-order valence-electron chi connectivity index (χ0n) is 13.1. The van der Waals surface area contributed by atoms with Crippen molar-refractivity contribution in [3.05, 3.63) is 100 Å². The summed E-state index contributed by atoms with van der Waals surface area (Å²) in [6.07, 6.45) is 2.24. The molecule has 0 spiro atoms. The van der Waals surface area contributed by atoms with Crippen LogP contribution in [0.15, 0.2) is 88.5 Å². The minimum atomic E-state index is -0.148. The van der Waals surface area contributed by atoms with Gasteiger partial charge in [-0.3, -0.25) is 4.79 Å². The van der Waals surface area contributed by atoms with E-state index in [-0.39, 0.29) is 5.91 Å². The Kier molecular flexibility index (Phi) is 5.39. The van der Waals surface area contributed by atoms with Crippen LogP contribution in [0.2, 0.25) is 0 Å². The lowest BCUT2D eigenvalue weighted by Gasteiger charge is -2.07. The molecule has 24 heavy (non-hydrogen) atoms. The van der Waals surface area contributed by atoms with Crippen molar-refractivity contribution in [1.29, 1.82) is 0 Å². The first-order chi connectivity index (χ1) is 11.7. The van der Waals surface area contributed by atoms with Crippen LogP contribution < -0.4 is 5.49 Å². The highest BCUT2D eigenvalue weighted by atomic mass is 79.9. The molecule has 0 aliphatic heterocycles. The summed E-state index contributed by atoms with van der Waals surface area (Å²) in [4.78, 5) is 16.6. The van der Waals surface area contributed by atoms with Crippen molar-refractivity contribution in [2.75, 3.05) is 0 Å². The third-order valence-corrected chi connectivity index (χ3v) is 4.15. The van der Waals surface area contributed by atoms with E-state index in [9.17, 15) is 4.79 Å². The van der Waals surface area contributed by atoms with Gasteiger partial charge in [0.05, 0.1) is 6.42 Å². The van der Waals surface area contributed by atoms with Gasteiger partial charge in [0, 0.05) is 17.2 Å². The van der Waals surface area contributed by atoms with Gasteiger partial charge in [-0.15, -0.1) is 0 Å². The van der Waals surface area contributed by atoms with E-state index >= 15 is 0 Å². The minimum absolute atomic E-state index is 0.148. The van der Waals surface area contributed by atoms with E-state index in [2.05, 4.69) is 33.1 Å². The molecule has 0 fully saturated rings. The van der Waals surface area contributed by atoms with E-state index in [4.69, 9.17) is 0 Å². The molecule has 0 bridgehead atoms. The number of halogens is 1. The highest BCUT2D eigenvalue weighted by Gasteiger charge is 2.03. The van der Waals surface area contributed by atoms with Gasteiger partial charge in [-0.1, -0.05) is 64.5 Å². The van der Waals surface area contributed by atoms with Gasteiger partial charge in [-0.2, -0.15) is 4.99 Å². The molecular weight excluding hydrogens is 364 g/mol. The second kappa shape index (κ2) is 7.88. The first-order valence-corrected chi connectivity index (χ1v) is 8.51. The quantitative estimate of drug-likeness (QED) is 0.674. The third-order valence-electron chi connectivity index (χ3n) is 3.62. The van der Waals surface area contributed by atoms with Gasteiger partial charge in [0.25, 0.3) is 5.91 Å². The number of hydrogen-bond donors (Lipinski definition) is 0. The van der Waals surface area contributed by atoms with E-state index in [1.54, 1.807) is 0 Å². The Morgan fingerprint density at radius 3 is 2.33 bits per heavy atom. The van der Waals surface area contributed by atoms with Crippen LogP contribution in [0.3, 0.4) is 0 Å². The van der Waals surface area contributed by atoms with E-state index in [0.29, 0.717) is 18.5 Å². The van der Waals surface area contributed by atoms with Crippen molar-refractivity contribution in [1.82, 2.24) is 4.57 Å². The topological polar surface area (TPSA) is 34.4 Å². The van der Waals surface area contributed by atoms with Crippen LogP contribution in [0.4, 0.5) is 0 Å². The van der Waals surface area contributed by atoms with E-state index in [0.717, 1.165) is 10.0 Å². The maximum absolute atomic E-state index is 12.3. The normalized spacial score (nSPS) is 11.5. The number of amides is 1. The maximum atomic E-state index is 12.3. The second-order valence-electron chi connectivity index (χ2n) is 5.48. The first-order valence-electron chi connectivity index (χ1n) is 7.72. The molecule has 0 aliphatic carbocycles. The number of carbonyl (C=O) groups is 1. The molecule has 1 aromatic heterocycles. The molecule has 0 unspecified atom stereocenters. The summed E-state index contributed by atoms with van der Waals surface area (Å²) in [6.45, 7) is 0.687. The lowest BCUT2D eigenvalue weighted by atomic mass is 10.1. The molecule has 1 heterocycles. The van der Waals surface area contributed by atoms with Crippen LogP contribution >= 0.6 is 15.9 Å². The number of hydrogen-bond acceptors (Lipinski definition) is 1. The maximum Gasteiger partial charge on any atom is 0.252 e. The Morgan fingerprint density at radius 1 is 0.875 bits per heavy atom. The molecule has 120 valence electrons. The molecule has 0 saturated heterocycles. The van der Waals surface area contributed by atoms with Gasteiger partial charge < -0.3 is 4.57 Å². The standard InChI is InChI=1S/C20H17BrN2O/c21-18-11-9-16(10-12-18)14-20(24)22-19-8-4-5-13-23(19)15-17-6-2-1-3-7-17/h1-13H,14-15H2. The highest BCUT2D eigenvalue weighted by molar-refractivity contribution is 9.10. The molecule has 0 aliphatic rings. The van der Waals surface area contributed by atoms with Crippen molar-refractivity contribution >= 4 is 21.8 Å². The summed E-state index contributed by atoms with van der Waals surface area (Å²) in [5.41, 5.74) is 2.80. The molecule has 0 radical (unpaired) electrons. The zero-order valence-corrected chi connectivity index (χ0v) is 14.7. The Morgan fingerprint density at radius 2 is 1.58 bits per heavy atom. The number of pyridine rings is 1. The summed E-state index contributed by atoms with van der Waals surface area (Å²) in [5, 5.41) is 0. The van der Waals surface area contributed by atoms with Crippen LogP contribution in [0.5, 0.6) is 0 Å². The molecule has 3 nitrogen and oxygen atoms in total. The molecule has 0 N–H and O–H groups in total. The van der Waals surface area contributed by atoms with Crippen molar-refractivity contribution in [2.45, 2.75) is 13.0 Å². The van der Waals surface area contributed by atoms with Crippen molar-refractivity contribution in [3.63, 3.8) is 0 Å². The molecule has 3 aromatic rings. The Labute approximate surface area is 149 Å². The largest absolute Gasteiger partial charge is 0.328 e. The van der Waals surface area contributed by atoms with Crippen LogP contribution in [0.1, 0.15) is 11.1 Å². The van der Waals surface area contributed by atoms with Gasteiger partial charge >= 0.3 is 0 Å². The summed E-state index contributed by atoms with van der Waals surface area (Å²) in [5.74, 6) is -0.148. The molecule has 0 saturated carbocycles. The molecule has 3 rings (SSSR count). The van der Waals surface area contributed by atoms with Crippen molar-refractivity contribution < 1.29 is 4.79 Å². The molecule has 2 aromatic carbocycles. The second-order valence-corrected chi connectivity index (χ2v) is 6.40. The first kappa shape index (κ1) is 16.4. The molecule has 4 heteroatoms. The zero-order chi connectivity index (χ0) is 16.8. The number of rotatable bonds is 4. The lowest BCUT2D eigenvalue weighted by molar-refractivity contribution is -0.117.